The molecule has 0 radical (unpaired) electrons. The first-order chi connectivity index (χ1) is 10.3. The monoisotopic (exact) mass is 369 g/mol. The first kappa shape index (κ1) is 16.8. The van der Waals surface area contributed by atoms with E-state index in [-0.39, 0.29) is 17.7 Å². The molecule has 0 aliphatic heterocycles. The van der Waals surface area contributed by atoms with E-state index in [4.69, 9.17) is 9.47 Å². The number of carbonyl (C=O) groups excluding carboxylic acids is 2. The highest BCUT2D eigenvalue weighted by Crippen LogP contribution is 2.30. The minimum atomic E-state index is -0.394. The van der Waals surface area contributed by atoms with Crippen molar-refractivity contribution in [3.05, 3.63) is 28.2 Å². The first-order valence-electron chi connectivity index (χ1n) is 7.17. The van der Waals surface area contributed by atoms with E-state index < -0.39 is 6.09 Å². The summed E-state index contributed by atoms with van der Waals surface area (Å²) in [4.78, 5) is 22.4. The van der Waals surface area contributed by atoms with Gasteiger partial charge < -0.3 is 14.8 Å². The summed E-state index contributed by atoms with van der Waals surface area (Å²) in [6.07, 6.45) is 1.66. The fraction of sp³-hybridized carbons (Fsp3) is 0.500. The van der Waals surface area contributed by atoms with Crippen LogP contribution in [-0.2, 0) is 4.74 Å². The number of ether oxygens (including phenoxy) is 2. The van der Waals surface area contributed by atoms with Gasteiger partial charge in [-0.3, -0.25) is 4.79 Å². The largest absolute Gasteiger partial charge is 0.490 e. The van der Waals surface area contributed by atoms with Gasteiger partial charge in [-0.25, -0.2) is 4.79 Å². The molecular formula is C16H20BrNO4. The van der Waals surface area contributed by atoms with E-state index in [2.05, 4.69) is 21.2 Å². The Hall–Kier alpha value is -1.56. The van der Waals surface area contributed by atoms with Crippen molar-refractivity contribution in [3.8, 4) is 5.75 Å². The summed E-state index contributed by atoms with van der Waals surface area (Å²) in [6, 6.07) is 5.23. The second kappa shape index (κ2) is 6.69. The number of amides is 1. The maximum absolute atomic E-state index is 11.6. The van der Waals surface area contributed by atoms with Crippen LogP contribution in [0.25, 0.3) is 0 Å². The molecule has 0 bridgehead atoms. The summed E-state index contributed by atoms with van der Waals surface area (Å²) in [7, 11) is 0. The van der Waals surface area contributed by atoms with Crippen molar-refractivity contribution in [2.45, 2.75) is 51.4 Å². The van der Waals surface area contributed by atoms with Crippen molar-refractivity contribution in [2.24, 2.45) is 0 Å². The Morgan fingerprint density at radius 2 is 2.00 bits per heavy atom. The van der Waals surface area contributed by atoms with E-state index in [9.17, 15) is 9.59 Å². The Morgan fingerprint density at radius 3 is 2.55 bits per heavy atom. The summed E-state index contributed by atoms with van der Waals surface area (Å²) in [6.45, 7) is 5.71. The lowest BCUT2D eigenvalue weighted by Crippen LogP contribution is -2.46. The molecule has 2 rings (SSSR count). The summed E-state index contributed by atoms with van der Waals surface area (Å²) in [5, 5.41) is 2.76. The van der Waals surface area contributed by atoms with Crippen LogP contribution in [0.4, 0.5) is 4.79 Å². The predicted octanol–water partition coefficient (Wildman–Crippen LogP) is 3.70. The van der Waals surface area contributed by atoms with Gasteiger partial charge in [0.25, 0.3) is 0 Å². The summed E-state index contributed by atoms with van der Waals surface area (Å²) in [5.74, 6) is 0.695. The van der Waals surface area contributed by atoms with Crippen molar-refractivity contribution in [2.75, 3.05) is 0 Å². The van der Waals surface area contributed by atoms with E-state index in [0.717, 1.165) is 6.29 Å². The van der Waals surface area contributed by atoms with Crippen LogP contribution in [0, 0.1) is 0 Å². The van der Waals surface area contributed by atoms with Gasteiger partial charge >= 0.3 is 6.09 Å². The van der Waals surface area contributed by atoms with Crippen molar-refractivity contribution in [1.82, 2.24) is 5.32 Å². The Labute approximate surface area is 138 Å². The Morgan fingerprint density at radius 1 is 1.32 bits per heavy atom. The predicted molar refractivity (Wildman–Crippen MR) is 86.3 cm³/mol. The zero-order chi connectivity index (χ0) is 16.3. The number of carbonyl (C=O) groups is 2. The maximum atomic E-state index is 11.6. The lowest BCUT2D eigenvalue weighted by Gasteiger charge is -2.35. The van der Waals surface area contributed by atoms with E-state index >= 15 is 0 Å². The minimum absolute atomic E-state index is 0.0291. The molecule has 22 heavy (non-hydrogen) atoms. The lowest BCUT2D eigenvalue weighted by molar-refractivity contribution is -0.0243. The maximum Gasteiger partial charge on any atom is 0.407 e. The molecule has 6 heteroatoms. The average molecular weight is 370 g/mol. The number of rotatable bonds is 4. The van der Waals surface area contributed by atoms with Crippen LogP contribution in [0.2, 0.25) is 0 Å². The van der Waals surface area contributed by atoms with Gasteiger partial charge in [0, 0.05) is 28.4 Å². The normalized spacial score (nSPS) is 20.7. The number of halogens is 1. The second-order valence-corrected chi connectivity index (χ2v) is 7.27. The second-order valence-electron chi connectivity index (χ2n) is 6.41. The average Bonchev–Trinajstić information content (AvgIpc) is 2.34. The van der Waals surface area contributed by atoms with E-state index in [1.165, 1.54) is 0 Å². The molecule has 0 heterocycles. The third-order valence-corrected chi connectivity index (χ3v) is 3.89. The van der Waals surface area contributed by atoms with Gasteiger partial charge in [0.15, 0.2) is 6.29 Å². The van der Waals surface area contributed by atoms with Gasteiger partial charge in [0.2, 0.25) is 0 Å². The number of hydrogen-bond acceptors (Lipinski definition) is 4. The fourth-order valence-corrected chi connectivity index (χ4v) is 2.52. The first-order valence-corrected chi connectivity index (χ1v) is 7.96. The molecule has 0 unspecified atom stereocenters. The van der Waals surface area contributed by atoms with Gasteiger partial charge in [0.05, 0.1) is 0 Å². The SMILES string of the molecule is CC(C)(C)NC(=O)OC1CC(Oc2ccc(C=O)c(Br)c2)C1. The molecule has 120 valence electrons. The standard InChI is InChI=1S/C16H20BrNO4/c1-16(2,3)18-15(20)22-13-6-12(7-13)21-11-5-4-10(9-19)14(17)8-11/h4-5,8-9,12-13H,6-7H2,1-3H3,(H,18,20). The van der Waals surface area contributed by atoms with Crippen molar-refractivity contribution < 1.29 is 19.1 Å². The van der Waals surface area contributed by atoms with Gasteiger partial charge in [-0.2, -0.15) is 0 Å². The Balaban J connectivity index is 1.76. The van der Waals surface area contributed by atoms with Crippen LogP contribution >= 0.6 is 15.9 Å². The van der Waals surface area contributed by atoms with Crippen LogP contribution in [0.15, 0.2) is 22.7 Å². The molecule has 1 amide bonds. The quantitative estimate of drug-likeness (QED) is 0.821. The van der Waals surface area contributed by atoms with Crippen LogP contribution in [0.1, 0.15) is 44.0 Å². The van der Waals surface area contributed by atoms with Gasteiger partial charge in [0.1, 0.15) is 18.0 Å². The highest BCUT2D eigenvalue weighted by Gasteiger charge is 2.34. The minimum Gasteiger partial charge on any atom is -0.490 e. The van der Waals surface area contributed by atoms with Crippen LogP contribution < -0.4 is 10.1 Å². The molecule has 0 aromatic heterocycles. The molecule has 0 atom stereocenters. The third-order valence-electron chi connectivity index (χ3n) is 3.20. The topological polar surface area (TPSA) is 64.6 Å². The smallest absolute Gasteiger partial charge is 0.407 e. The van der Waals surface area contributed by atoms with Crippen LogP contribution in [0.3, 0.4) is 0 Å². The molecule has 1 saturated carbocycles. The highest BCUT2D eigenvalue weighted by atomic mass is 79.9. The van der Waals surface area contributed by atoms with Crippen LogP contribution in [0.5, 0.6) is 5.75 Å². The van der Waals surface area contributed by atoms with Crippen molar-refractivity contribution >= 4 is 28.3 Å². The fourth-order valence-electron chi connectivity index (χ4n) is 2.07. The van der Waals surface area contributed by atoms with E-state index in [0.29, 0.717) is 28.6 Å². The molecule has 1 fully saturated rings. The lowest BCUT2D eigenvalue weighted by atomic mass is 9.92. The van der Waals surface area contributed by atoms with Gasteiger partial charge in [-0.05, 0) is 54.9 Å². The zero-order valence-corrected chi connectivity index (χ0v) is 14.5. The summed E-state index contributed by atoms with van der Waals surface area (Å²) in [5.41, 5.74) is 0.282. The number of nitrogens with one attached hydrogen (secondary N) is 1. The summed E-state index contributed by atoms with van der Waals surface area (Å²) < 4.78 is 11.8. The summed E-state index contributed by atoms with van der Waals surface area (Å²) >= 11 is 3.32. The Kier molecular flexibility index (Phi) is 5.11. The van der Waals surface area contributed by atoms with Gasteiger partial charge in [-0.1, -0.05) is 0 Å². The van der Waals surface area contributed by atoms with Crippen molar-refractivity contribution in [3.63, 3.8) is 0 Å². The molecule has 1 aromatic rings. The van der Waals surface area contributed by atoms with E-state index in [1.807, 2.05) is 20.8 Å². The molecule has 1 aliphatic carbocycles. The third kappa shape index (κ3) is 4.73. The zero-order valence-electron chi connectivity index (χ0n) is 12.9. The number of hydrogen-bond donors (Lipinski definition) is 1. The van der Waals surface area contributed by atoms with E-state index in [1.54, 1.807) is 18.2 Å². The number of aldehydes is 1. The molecule has 0 spiro atoms. The van der Waals surface area contributed by atoms with Crippen molar-refractivity contribution in [1.29, 1.82) is 0 Å². The molecule has 0 saturated heterocycles. The highest BCUT2D eigenvalue weighted by molar-refractivity contribution is 9.10. The van der Waals surface area contributed by atoms with Crippen LogP contribution in [-0.4, -0.2) is 30.1 Å². The molecule has 1 aromatic carbocycles. The molecule has 1 aliphatic rings. The Bertz CT molecular complexity index is 562. The molecule has 5 nitrogen and oxygen atoms in total. The molecular weight excluding hydrogens is 350 g/mol. The van der Waals surface area contributed by atoms with Gasteiger partial charge in [-0.15, -0.1) is 0 Å². The number of alkyl carbamates (subject to hydrolysis) is 1. The number of benzene rings is 1. The molecule has 1 N–H and O–H groups in total.